The van der Waals surface area contributed by atoms with Gasteiger partial charge in [0.25, 0.3) is 0 Å². The number of aliphatic hydroxyl groups is 1. The molecule has 1 N–H and O–H groups in total. The number of hydrogen-bond acceptors (Lipinski definition) is 2. The first kappa shape index (κ1) is 12.0. The second kappa shape index (κ2) is 3.48. The Balaban J connectivity index is 1.86. The van der Waals surface area contributed by atoms with Crippen LogP contribution in [0.15, 0.2) is 0 Å². The van der Waals surface area contributed by atoms with E-state index in [2.05, 4.69) is 20.8 Å². The normalized spacial score (nSPS) is 57.5. The van der Waals surface area contributed by atoms with Gasteiger partial charge in [-0.25, -0.2) is 0 Å². The van der Waals surface area contributed by atoms with Crippen LogP contribution in [0, 0.1) is 23.7 Å². The van der Waals surface area contributed by atoms with E-state index in [1.807, 2.05) is 6.92 Å². The Bertz CT molecular complexity index is 323. The highest BCUT2D eigenvalue weighted by Crippen LogP contribution is 2.59. The first-order valence-corrected chi connectivity index (χ1v) is 7.24. The first-order valence-electron chi connectivity index (χ1n) is 7.24. The second-order valence-electron chi connectivity index (χ2n) is 7.43. The molecule has 2 heteroatoms. The number of hydrogen-bond donors (Lipinski definition) is 1. The first-order chi connectivity index (χ1) is 7.83. The van der Waals surface area contributed by atoms with Crippen molar-refractivity contribution in [2.45, 2.75) is 70.7 Å². The molecule has 2 nitrogen and oxygen atoms in total. The Kier molecular flexibility index (Phi) is 2.45. The van der Waals surface area contributed by atoms with Gasteiger partial charge in [-0.15, -0.1) is 0 Å². The van der Waals surface area contributed by atoms with Crippen molar-refractivity contribution in [3.63, 3.8) is 0 Å². The maximum atomic E-state index is 10.6. The molecule has 0 aromatic rings. The molecule has 2 saturated carbocycles. The van der Waals surface area contributed by atoms with E-state index in [9.17, 15) is 5.11 Å². The number of ether oxygens (including phenoxy) is 1. The summed E-state index contributed by atoms with van der Waals surface area (Å²) in [5.41, 5.74) is -0.301. The predicted molar refractivity (Wildman–Crippen MR) is 67.7 cm³/mol. The van der Waals surface area contributed by atoms with Crippen LogP contribution in [0.3, 0.4) is 0 Å². The van der Waals surface area contributed by atoms with Gasteiger partial charge in [0.1, 0.15) is 0 Å². The lowest BCUT2D eigenvalue weighted by molar-refractivity contribution is -0.102. The summed E-state index contributed by atoms with van der Waals surface area (Å²) in [6, 6.07) is 0. The summed E-state index contributed by atoms with van der Waals surface area (Å²) in [4.78, 5) is 0. The Labute approximate surface area is 105 Å². The van der Waals surface area contributed by atoms with Crippen molar-refractivity contribution < 1.29 is 9.84 Å². The summed E-state index contributed by atoms with van der Waals surface area (Å²) in [5, 5.41) is 10.6. The van der Waals surface area contributed by atoms with Crippen LogP contribution in [-0.2, 0) is 4.74 Å². The topological polar surface area (TPSA) is 32.8 Å². The molecule has 1 heterocycles. The van der Waals surface area contributed by atoms with Crippen LogP contribution in [0.5, 0.6) is 0 Å². The molecule has 3 rings (SSSR count). The standard InChI is InChI=1S/C15H26O2/c1-9(2)10-5-6-14(3,16)12-7-13-15(4,17-13)8-11(10)12/h9-13,16H,5-8H2,1-4H3/t10-,11-,12+,13+,14-,15-/m0/s1. The molecule has 0 aromatic heterocycles. The zero-order chi connectivity index (χ0) is 12.4. The van der Waals surface area contributed by atoms with E-state index in [-0.39, 0.29) is 5.60 Å². The fraction of sp³-hybridized carbons (Fsp3) is 1.00. The van der Waals surface area contributed by atoms with Crippen LogP contribution < -0.4 is 0 Å². The van der Waals surface area contributed by atoms with Crippen LogP contribution in [0.1, 0.15) is 53.4 Å². The van der Waals surface area contributed by atoms with Crippen molar-refractivity contribution in [2.24, 2.45) is 23.7 Å². The summed E-state index contributed by atoms with van der Waals surface area (Å²) >= 11 is 0. The minimum atomic E-state index is -0.455. The minimum absolute atomic E-state index is 0.154. The lowest BCUT2D eigenvalue weighted by Gasteiger charge is -2.50. The fourth-order valence-corrected chi connectivity index (χ4v) is 4.63. The highest BCUT2D eigenvalue weighted by atomic mass is 16.6. The Morgan fingerprint density at radius 2 is 2.00 bits per heavy atom. The average molecular weight is 238 g/mol. The molecule has 98 valence electrons. The van der Waals surface area contributed by atoms with Crippen molar-refractivity contribution in [1.82, 2.24) is 0 Å². The third-order valence-electron chi connectivity index (χ3n) is 5.85. The molecule has 0 radical (unpaired) electrons. The molecule has 0 amide bonds. The van der Waals surface area contributed by atoms with Gasteiger partial charge in [-0.2, -0.15) is 0 Å². The summed E-state index contributed by atoms with van der Waals surface area (Å²) in [6.07, 6.45) is 4.84. The molecule has 3 fully saturated rings. The van der Waals surface area contributed by atoms with Crippen molar-refractivity contribution in [2.75, 3.05) is 0 Å². The van der Waals surface area contributed by atoms with E-state index in [4.69, 9.17) is 4.74 Å². The number of epoxide rings is 1. The van der Waals surface area contributed by atoms with Crippen molar-refractivity contribution >= 4 is 0 Å². The summed E-state index contributed by atoms with van der Waals surface area (Å²) in [7, 11) is 0. The van der Waals surface area contributed by atoms with Gasteiger partial charge in [-0.1, -0.05) is 13.8 Å². The predicted octanol–water partition coefficient (Wildman–Crippen LogP) is 2.99. The van der Waals surface area contributed by atoms with E-state index >= 15 is 0 Å². The van der Waals surface area contributed by atoms with Crippen LogP contribution in [0.4, 0.5) is 0 Å². The summed E-state index contributed by atoms with van der Waals surface area (Å²) in [6.45, 7) is 8.98. The molecule has 0 bridgehead atoms. The highest BCUT2D eigenvalue weighted by Gasteiger charge is 2.63. The van der Waals surface area contributed by atoms with Gasteiger partial charge in [0.2, 0.25) is 0 Å². The lowest BCUT2D eigenvalue weighted by Crippen LogP contribution is -2.51. The molecule has 0 aromatic carbocycles. The smallest absolute Gasteiger partial charge is 0.0923 e. The van der Waals surface area contributed by atoms with Crippen LogP contribution >= 0.6 is 0 Å². The minimum Gasteiger partial charge on any atom is -0.390 e. The molecule has 2 aliphatic carbocycles. The molecule has 1 aliphatic heterocycles. The van der Waals surface area contributed by atoms with Crippen molar-refractivity contribution in [3.8, 4) is 0 Å². The van der Waals surface area contributed by atoms with Crippen molar-refractivity contribution in [3.05, 3.63) is 0 Å². The van der Waals surface area contributed by atoms with Gasteiger partial charge in [0, 0.05) is 0 Å². The van der Waals surface area contributed by atoms with Gasteiger partial charge in [0.15, 0.2) is 0 Å². The van der Waals surface area contributed by atoms with Gasteiger partial charge in [-0.3, -0.25) is 0 Å². The molecular weight excluding hydrogens is 212 g/mol. The number of fused-ring (bicyclic) bond motifs is 2. The van der Waals surface area contributed by atoms with Crippen LogP contribution in [0.2, 0.25) is 0 Å². The summed E-state index contributed by atoms with van der Waals surface area (Å²) < 4.78 is 5.87. The largest absolute Gasteiger partial charge is 0.390 e. The van der Waals surface area contributed by atoms with Crippen LogP contribution in [-0.4, -0.2) is 22.4 Å². The quantitative estimate of drug-likeness (QED) is 0.712. The lowest BCUT2D eigenvalue weighted by atomic mass is 9.56. The molecule has 0 spiro atoms. The van der Waals surface area contributed by atoms with Gasteiger partial charge >= 0.3 is 0 Å². The highest BCUT2D eigenvalue weighted by molar-refractivity contribution is 5.11. The summed E-state index contributed by atoms with van der Waals surface area (Å²) in [5.74, 6) is 2.64. The van der Waals surface area contributed by atoms with E-state index < -0.39 is 5.60 Å². The fourth-order valence-electron chi connectivity index (χ4n) is 4.63. The molecular formula is C15H26O2. The molecule has 3 aliphatic rings. The Morgan fingerprint density at radius 1 is 1.29 bits per heavy atom. The van der Waals surface area contributed by atoms with Gasteiger partial charge in [0.05, 0.1) is 17.3 Å². The Morgan fingerprint density at radius 3 is 2.65 bits per heavy atom. The van der Waals surface area contributed by atoms with E-state index in [0.717, 1.165) is 24.7 Å². The van der Waals surface area contributed by atoms with Gasteiger partial charge < -0.3 is 9.84 Å². The molecule has 6 atom stereocenters. The SMILES string of the molecule is CC(C)[C@@H]1CC[C@](C)(O)[C@@H]2C[C@H]3O[C@@]3(C)C[C@H]21. The zero-order valence-electron chi connectivity index (χ0n) is 11.6. The zero-order valence-corrected chi connectivity index (χ0v) is 11.6. The monoisotopic (exact) mass is 238 g/mol. The van der Waals surface area contributed by atoms with E-state index in [1.165, 1.54) is 12.8 Å². The Hall–Kier alpha value is -0.0800. The average Bonchev–Trinajstić information content (AvgIpc) is 2.85. The van der Waals surface area contributed by atoms with Crippen LogP contribution in [0.25, 0.3) is 0 Å². The third-order valence-corrected chi connectivity index (χ3v) is 5.85. The number of rotatable bonds is 1. The van der Waals surface area contributed by atoms with Gasteiger partial charge in [-0.05, 0) is 63.2 Å². The maximum Gasteiger partial charge on any atom is 0.0923 e. The van der Waals surface area contributed by atoms with E-state index in [1.54, 1.807) is 0 Å². The van der Waals surface area contributed by atoms with E-state index in [0.29, 0.717) is 17.9 Å². The maximum absolute atomic E-state index is 10.6. The molecule has 1 saturated heterocycles. The molecule has 0 unspecified atom stereocenters. The van der Waals surface area contributed by atoms with Crippen molar-refractivity contribution in [1.29, 1.82) is 0 Å². The third kappa shape index (κ3) is 1.76. The second-order valence-corrected chi connectivity index (χ2v) is 7.43. The molecule has 17 heavy (non-hydrogen) atoms.